The Labute approximate surface area is 175 Å². The van der Waals surface area contributed by atoms with Gasteiger partial charge < -0.3 is 18.6 Å². The van der Waals surface area contributed by atoms with Gasteiger partial charge in [0.25, 0.3) is 0 Å². The lowest BCUT2D eigenvalue weighted by Crippen LogP contribution is -3.10. The van der Waals surface area contributed by atoms with E-state index >= 15 is 0 Å². The van der Waals surface area contributed by atoms with Crippen molar-refractivity contribution in [2.45, 2.75) is 39.3 Å². The van der Waals surface area contributed by atoms with Crippen LogP contribution in [-0.2, 0) is 25.9 Å². The van der Waals surface area contributed by atoms with Gasteiger partial charge in [0.05, 0.1) is 14.2 Å². The van der Waals surface area contributed by atoms with E-state index in [-0.39, 0.29) is 5.63 Å². The van der Waals surface area contributed by atoms with Gasteiger partial charge in [0.15, 0.2) is 11.5 Å². The van der Waals surface area contributed by atoms with Crippen molar-refractivity contribution in [3.63, 3.8) is 0 Å². The highest BCUT2D eigenvalue weighted by molar-refractivity contribution is 5.87. The number of nitrogens with one attached hydrogen (secondary N) is 1. The molecule has 2 heterocycles. The zero-order valence-corrected chi connectivity index (χ0v) is 17.6. The van der Waals surface area contributed by atoms with Crippen molar-refractivity contribution in [1.29, 1.82) is 0 Å². The molecule has 0 saturated heterocycles. The van der Waals surface area contributed by atoms with E-state index in [0.717, 1.165) is 66.1 Å². The molecule has 1 unspecified atom stereocenters. The summed E-state index contributed by atoms with van der Waals surface area (Å²) in [4.78, 5) is 13.7. The van der Waals surface area contributed by atoms with E-state index < -0.39 is 0 Å². The molecule has 0 radical (unpaired) electrons. The Morgan fingerprint density at radius 1 is 1.07 bits per heavy atom. The van der Waals surface area contributed by atoms with Gasteiger partial charge in [0.1, 0.15) is 24.4 Å². The molecule has 5 rings (SSSR count). The van der Waals surface area contributed by atoms with E-state index in [1.165, 1.54) is 21.6 Å². The summed E-state index contributed by atoms with van der Waals surface area (Å²) in [6.45, 7) is 4.22. The number of ether oxygens (including phenoxy) is 3. The maximum absolute atomic E-state index is 12.4. The van der Waals surface area contributed by atoms with Crippen LogP contribution in [0.2, 0.25) is 0 Å². The summed E-state index contributed by atoms with van der Waals surface area (Å²) in [6, 6.07) is 8.21. The fourth-order valence-corrected chi connectivity index (χ4v) is 4.85. The van der Waals surface area contributed by atoms with Crippen LogP contribution in [0.1, 0.15) is 34.2 Å². The third-order valence-corrected chi connectivity index (χ3v) is 6.28. The minimum absolute atomic E-state index is 0.186. The number of quaternary nitrogens is 1. The molecule has 6 heteroatoms. The molecular formula is C24H26NO5+. The summed E-state index contributed by atoms with van der Waals surface area (Å²) in [5.74, 6) is 2.33. The quantitative estimate of drug-likeness (QED) is 0.673. The summed E-state index contributed by atoms with van der Waals surface area (Å²) < 4.78 is 22.6. The van der Waals surface area contributed by atoms with E-state index in [9.17, 15) is 4.79 Å². The van der Waals surface area contributed by atoms with Crippen LogP contribution in [0, 0.1) is 6.92 Å². The minimum atomic E-state index is -0.186. The second kappa shape index (κ2) is 7.36. The van der Waals surface area contributed by atoms with Crippen molar-refractivity contribution in [3.8, 4) is 17.2 Å². The van der Waals surface area contributed by atoms with Gasteiger partial charge in [-0.05, 0) is 56.0 Å². The normalized spacial score (nSPS) is 17.4. The number of hydrogen-bond acceptors (Lipinski definition) is 5. The topological polar surface area (TPSA) is 62.3 Å². The van der Waals surface area contributed by atoms with Gasteiger partial charge >= 0.3 is 5.63 Å². The lowest BCUT2D eigenvalue weighted by Gasteiger charge is -2.28. The molecule has 2 aromatic carbocycles. The van der Waals surface area contributed by atoms with Crippen LogP contribution >= 0.6 is 0 Å². The van der Waals surface area contributed by atoms with E-state index in [1.54, 1.807) is 14.2 Å². The molecule has 1 aliphatic heterocycles. The smallest absolute Gasteiger partial charge is 0.339 e. The van der Waals surface area contributed by atoms with Crippen molar-refractivity contribution in [1.82, 2.24) is 0 Å². The molecule has 0 spiro atoms. The maximum atomic E-state index is 12.4. The highest BCUT2D eigenvalue weighted by atomic mass is 16.5. The van der Waals surface area contributed by atoms with Crippen molar-refractivity contribution < 1.29 is 23.5 Å². The highest BCUT2D eigenvalue weighted by Gasteiger charge is 2.28. The summed E-state index contributed by atoms with van der Waals surface area (Å²) in [6.07, 6.45) is 2.78. The van der Waals surface area contributed by atoms with Crippen molar-refractivity contribution in [2.75, 3.05) is 21.0 Å². The van der Waals surface area contributed by atoms with Gasteiger partial charge in [-0.3, -0.25) is 4.90 Å². The number of rotatable bonds is 4. The van der Waals surface area contributed by atoms with Crippen LogP contribution in [0.25, 0.3) is 11.0 Å². The molecule has 1 aromatic heterocycles. The highest BCUT2D eigenvalue weighted by Crippen LogP contribution is 2.36. The maximum Gasteiger partial charge on any atom is 0.339 e. The fraction of sp³-hybridized carbons (Fsp3) is 0.375. The summed E-state index contributed by atoms with van der Waals surface area (Å²) in [5.41, 5.74) is 5.79. The Kier molecular flexibility index (Phi) is 4.66. The number of methoxy groups -OCH3 is 2. The van der Waals surface area contributed by atoms with Crippen molar-refractivity contribution in [3.05, 3.63) is 62.5 Å². The first-order chi connectivity index (χ1) is 14.6. The Balaban J connectivity index is 1.48. The Morgan fingerprint density at radius 3 is 2.67 bits per heavy atom. The molecule has 1 aliphatic carbocycles. The lowest BCUT2D eigenvalue weighted by atomic mass is 9.99. The predicted molar refractivity (Wildman–Crippen MR) is 113 cm³/mol. The van der Waals surface area contributed by atoms with E-state index in [4.69, 9.17) is 18.6 Å². The summed E-state index contributed by atoms with van der Waals surface area (Å²) in [7, 11) is 3.29. The molecule has 0 bridgehead atoms. The standard InChI is InChI=1S/C24H25NO5/c1-14-22-16(10-19-17-5-4-6-18(17)24(26)30-23(14)19)12-25(13-29-22)11-15-7-8-20(27-2)21(9-15)28-3/h7-10H,4-6,11-13H2,1-3H3/p+1. The molecule has 1 N–H and O–H groups in total. The zero-order chi connectivity index (χ0) is 20.8. The van der Waals surface area contributed by atoms with Gasteiger partial charge in [-0.25, -0.2) is 4.79 Å². The molecule has 30 heavy (non-hydrogen) atoms. The zero-order valence-electron chi connectivity index (χ0n) is 17.6. The fourth-order valence-electron chi connectivity index (χ4n) is 4.85. The molecule has 0 saturated carbocycles. The molecule has 3 aromatic rings. The van der Waals surface area contributed by atoms with Gasteiger partial charge in [0, 0.05) is 27.6 Å². The van der Waals surface area contributed by atoms with Crippen LogP contribution in [-0.4, -0.2) is 21.0 Å². The van der Waals surface area contributed by atoms with Gasteiger partial charge in [0.2, 0.25) is 6.73 Å². The summed E-state index contributed by atoms with van der Waals surface area (Å²) in [5, 5.41) is 1.08. The third-order valence-electron chi connectivity index (χ3n) is 6.28. The van der Waals surface area contributed by atoms with Gasteiger partial charge in [-0.2, -0.15) is 0 Å². The van der Waals surface area contributed by atoms with E-state index in [2.05, 4.69) is 12.1 Å². The molecule has 2 aliphatic rings. The predicted octanol–water partition coefficient (Wildman–Crippen LogP) is 2.54. The van der Waals surface area contributed by atoms with Crippen LogP contribution in [0.3, 0.4) is 0 Å². The Bertz CT molecular complexity index is 1200. The molecule has 6 nitrogen and oxygen atoms in total. The average molecular weight is 408 g/mol. The second-order valence-electron chi connectivity index (χ2n) is 8.15. The molecule has 1 atom stereocenters. The van der Waals surface area contributed by atoms with Gasteiger partial charge in [-0.15, -0.1) is 0 Å². The van der Waals surface area contributed by atoms with Crippen LogP contribution in [0.15, 0.2) is 33.5 Å². The SMILES string of the molecule is COc1ccc(C[NH+]2COc3c(cc4c5c(c(=O)oc4c3C)CCC5)C2)cc1OC. The number of benzene rings is 2. The molecular weight excluding hydrogens is 382 g/mol. The third kappa shape index (κ3) is 3.03. The number of fused-ring (bicyclic) bond motifs is 4. The second-order valence-corrected chi connectivity index (χ2v) is 8.15. The first-order valence-corrected chi connectivity index (χ1v) is 10.4. The molecule has 0 fully saturated rings. The minimum Gasteiger partial charge on any atom is -0.493 e. The first kappa shape index (κ1) is 19.0. The number of aryl methyl sites for hydroxylation is 2. The Morgan fingerprint density at radius 2 is 1.87 bits per heavy atom. The van der Waals surface area contributed by atoms with Crippen molar-refractivity contribution in [2.24, 2.45) is 0 Å². The number of hydrogen-bond donors (Lipinski definition) is 1. The Hall–Kier alpha value is -2.99. The van der Waals surface area contributed by atoms with Gasteiger partial charge in [-0.1, -0.05) is 0 Å². The molecule has 0 amide bonds. The average Bonchev–Trinajstić information content (AvgIpc) is 3.26. The van der Waals surface area contributed by atoms with E-state index in [1.807, 2.05) is 19.1 Å². The van der Waals surface area contributed by atoms with Crippen LogP contribution in [0.5, 0.6) is 17.2 Å². The first-order valence-electron chi connectivity index (χ1n) is 10.4. The van der Waals surface area contributed by atoms with Crippen LogP contribution < -0.4 is 24.7 Å². The summed E-state index contributed by atoms with van der Waals surface area (Å²) >= 11 is 0. The lowest BCUT2D eigenvalue weighted by molar-refractivity contribution is -0.945. The molecule has 156 valence electrons. The monoisotopic (exact) mass is 408 g/mol. The van der Waals surface area contributed by atoms with Crippen LogP contribution in [0.4, 0.5) is 0 Å². The van der Waals surface area contributed by atoms with Crippen molar-refractivity contribution >= 4 is 11.0 Å². The largest absolute Gasteiger partial charge is 0.493 e. The van der Waals surface area contributed by atoms with E-state index in [0.29, 0.717) is 12.3 Å².